The number of aromatic amines is 1. The van der Waals surface area contributed by atoms with E-state index in [4.69, 9.17) is 4.52 Å². The molecule has 2 heterocycles. The Morgan fingerprint density at radius 2 is 2.05 bits per heavy atom. The molecule has 0 unspecified atom stereocenters. The molecule has 0 bridgehead atoms. The average molecular weight is 300 g/mol. The quantitative estimate of drug-likeness (QED) is 0.723. The molecule has 0 spiro atoms. The van der Waals surface area contributed by atoms with Crippen LogP contribution in [0, 0.1) is 6.92 Å². The van der Waals surface area contributed by atoms with Crippen molar-refractivity contribution in [1.82, 2.24) is 19.7 Å². The van der Waals surface area contributed by atoms with E-state index in [2.05, 4.69) is 15.1 Å². The first-order valence-electron chi connectivity index (χ1n) is 6.40. The van der Waals surface area contributed by atoms with E-state index in [-0.39, 0.29) is 23.0 Å². The lowest BCUT2D eigenvalue weighted by atomic mass is 10.1. The maximum Gasteiger partial charge on any atom is 0.328 e. The lowest BCUT2D eigenvalue weighted by Crippen LogP contribution is -2.28. The molecule has 0 saturated carbocycles. The van der Waals surface area contributed by atoms with Crippen molar-refractivity contribution in [2.24, 2.45) is 7.05 Å². The molecule has 2 N–H and O–H groups in total. The molecule has 2 aromatic heterocycles. The first kappa shape index (κ1) is 13.8. The summed E-state index contributed by atoms with van der Waals surface area (Å²) in [5.74, 6) is 0.122. The van der Waals surface area contributed by atoms with E-state index in [9.17, 15) is 14.7 Å². The lowest BCUT2D eigenvalue weighted by molar-refractivity contribution is 0.425. The summed E-state index contributed by atoms with van der Waals surface area (Å²) in [7, 11) is 1.49. The summed E-state index contributed by atoms with van der Waals surface area (Å²) in [6, 6.07) is 5.00. The molecule has 0 aliphatic rings. The van der Waals surface area contributed by atoms with Gasteiger partial charge in [0.25, 0.3) is 11.4 Å². The fraction of sp³-hybridized carbons (Fsp3) is 0.143. The molecule has 0 saturated heterocycles. The van der Waals surface area contributed by atoms with Crippen LogP contribution in [0.5, 0.6) is 5.75 Å². The van der Waals surface area contributed by atoms with Crippen LogP contribution in [0.15, 0.2) is 38.5 Å². The zero-order valence-corrected chi connectivity index (χ0v) is 11.8. The van der Waals surface area contributed by atoms with Crippen LogP contribution >= 0.6 is 0 Å². The Morgan fingerprint density at radius 1 is 1.27 bits per heavy atom. The highest BCUT2D eigenvalue weighted by atomic mass is 16.5. The largest absolute Gasteiger partial charge is 0.507 e. The van der Waals surface area contributed by atoms with Gasteiger partial charge in [0.1, 0.15) is 11.3 Å². The number of phenolic OH excluding ortho intramolecular Hbond substituents is 1. The molecule has 0 aliphatic heterocycles. The number of aromatic nitrogens is 4. The number of hydrogen-bond donors (Lipinski definition) is 2. The van der Waals surface area contributed by atoms with Crippen LogP contribution in [0.1, 0.15) is 5.56 Å². The van der Waals surface area contributed by atoms with Crippen LogP contribution in [0.4, 0.5) is 0 Å². The zero-order valence-electron chi connectivity index (χ0n) is 11.8. The van der Waals surface area contributed by atoms with Crippen molar-refractivity contribution >= 4 is 0 Å². The van der Waals surface area contributed by atoms with Crippen LogP contribution in [0.2, 0.25) is 0 Å². The van der Waals surface area contributed by atoms with E-state index in [1.807, 2.05) is 6.92 Å². The second kappa shape index (κ2) is 4.99. The monoisotopic (exact) mass is 300 g/mol. The summed E-state index contributed by atoms with van der Waals surface area (Å²) in [5, 5.41) is 13.6. The third-order valence-electron chi connectivity index (χ3n) is 3.16. The SMILES string of the molecule is Cc1ccc(-c2nc(-c3cn(C)c(=O)[nH]c3=O)no2)c(O)c1. The van der Waals surface area contributed by atoms with E-state index in [1.165, 1.54) is 17.8 Å². The lowest BCUT2D eigenvalue weighted by Gasteiger charge is -2.00. The standard InChI is InChI=1S/C14H12N4O4/c1-7-3-4-8(10(19)5-7)13-15-11(17-22-13)9-6-18(2)14(21)16-12(9)20/h3-6,19H,1-2H3,(H,16,20,21). The van der Waals surface area contributed by atoms with Crippen LogP contribution in [0.3, 0.4) is 0 Å². The summed E-state index contributed by atoms with van der Waals surface area (Å²) in [6.07, 6.45) is 1.32. The van der Waals surface area contributed by atoms with Crippen LogP contribution < -0.4 is 11.2 Å². The Kier molecular flexibility index (Phi) is 3.13. The normalized spacial score (nSPS) is 10.8. The number of H-pyrrole nitrogens is 1. The predicted octanol–water partition coefficient (Wildman–Crippen LogP) is 0.805. The van der Waals surface area contributed by atoms with Crippen LogP contribution in [-0.4, -0.2) is 24.8 Å². The highest BCUT2D eigenvalue weighted by Crippen LogP contribution is 2.29. The summed E-state index contributed by atoms with van der Waals surface area (Å²) < 4.78 is 6.29. The van der Waals surface area contributed by atoms with Gasteiger partial charge >= 0.3 is 5.69 Å². The Hall–Kier alpha value is -3.16. The molecule has 0 amide bonds. The number of hydrogen-bond acceptors (Lipinski definition) is 6. The minimum Gasteiger partial charge on any atom is -0.507 e. The average Bonchev–Trinajstić information content (AvgIpc) is 2.92. The van der Waals surface area contributed by atoms with Gasteiger partial charge in [-0.2, -0.15) is 4.98 Å². The van der Waals surface area contributed by atoms with Crippen molar-refractivity contribution < 1.29 is 9.63 Å². The first-order chi connectivity index (χ1) is 10.5. The zero-order chi connectivity index (χ0) is 15.9. The predicted molar refractivity (Wildman–Crippen MR) is 77.4 cm³/mol. The first-order valence-corrected chi connectivity index (χ1v) is 6.40. The van der Waals surface area contributed by atoms with E-state index in [0.717, 1.165) is 5.56 Å². The van der Waals surface area contributed by atoms with Gasteiger partial charge < -0.3 is 14.2 Å². The number of nitrogens with zero attached hydrogens (tertiary/aromatic N) is 3. The highest BCUT2D eigenvalue weighted by Gasteiger charge is 2.16. The third-order valence-corrected chi connectivity index (χ3v) is 3.16. The minimum absolute atomic E-state index is 0.00423. The van der Waals surface area contributed by atoms with Crippen molar-refractivity contribution in [1.29, 1.82) is 0 Å². The summed E-state index contributed by atoms with van der Waals surface area (Å²) in [5.41, 5.74) is 0.210. The highest BCUT2D eigenvalue weighted by molar-refractivity contribution is 5.64. The fourth-order valence-electron chi connectivity index (χ4n) is 1.99. The van der Waals surface area contributed by atoms with Gasteiger partial charge in [-0.05, 0) is 24.6 Å². The van der Waals surface area contributed by atoms with E-state index in [1.54, 1.807) is 18.2 Å². The van der Waals surface area contributed by atoms with Gasteiger partial charge in [0.05, 0.1) is 5.56 Å². The van der Waals surface area contributed by atoms with Gasteiger partial charge in [-0.3, -0.25) is 9.78 Å². The minimum atomic E-state index is -0.608. The van der Waals surface area contributed by atoms with Gasteiger partial charge in [-0.25, -0.2) is 4.79 Å². The Balaban J connectivity index is 2.10. The van der Waals surface area contributed by atoms with Crippen LogP contribution in [0.25, 0.3) is 22.8 Å². The van der Waals surface area contributed by atoms with E-state index in [0.29, 0.717) is 5.56 Å². The second-order valence-electron chi connectivity index (χ2n) is 4.86. The molecule has 0 fully saturated rings. The summed E-state index contributed by atoms with van der Waals surface area (Å²) in [6.45, 7) is 1.84. The Morgan fingerprint density at radius 3 is 2.77 bits per heavy atom. The number of aromatic hydroxyl groups is 1. The topological polar surface area (TPSA) is 114 Å². The van der Waals surface area contributed by atoms with Gasteiger partial charge in [0.2, 0.25) is 5.82 Å². The summed E-state index contributed by atoms with van der Waals surface area (Å²) in [4.78, 5) is 29.4. The van der Waals surface area contributed by atoms with E-state index >= 15 is 0 Å². The van der Waals surface area contributed by atoms with Crippen molar-refractivity contribution in [2.75, 3.05) is 0 Å². The number of nitrogens with one attached hydrogen (secondary N) is 1. The molecule has 3 rings (SSSR count). The number of benzene rings is 1. The van der Waals surface area contributed by atoms with Crippen molar-refractivity contribution in [3.8, 4) is 28.6 Å². The molecule has 0 aliphatic carbocycles. The van der Waals surface area contributed by atoms with Crippen molar-refractivity contribution in [2.45, 2.75) is 6.92 Å². The molecular formula is C14H12N4O4. The molecule has 8 heteroatoms. The molecule has 112 valence electrons. The van der Waals surface area contributed by atoms with Crippen molar-refractivity contribution in [3.63, 3.8) is 0 Å². The maximum absolute atomic E-state index is 11.8. The molecule has 0 radical (unpaired) electrons. The van der Waals surface area contributed by atoms with E-state index < -0.39 is 11.2 Å². The number of aryl methyl sites for hydroxylation is 2. The van der Waals surface area contributed by atoms with Gasteiger partial charge in [0, 0.05) is 13.2 Å². The summed E-state index contributed by atoms with van der Waals surface area (Å²) >= 11 is 0. The smallest absolute Gasteiger partial charge is 0.328 e. The van der Waals surface area contributed by atoms with Gasteiger partial charge in [0.15, 0.2) is 0 Å². The molecular weight excluding hydrogens is 288 g/mol. The van der Waals surface area contributed by atoms with Crippen LogP contribution in [-0.2, 0) is 7.05 Å². The van der Waals surface area contributed by atoms with Gasteiger partial charge in [-0.1, -0.05) is 11.2 Å². The molecule has 8 nitrogen and oxygen atoms in total. The fourth-order valence-corrected chi connectivity index (χ4v) is 1.99. The Bertz CT molecular complexity index is 967. The molecule has 0 atom stereocenters. The third kappa shape index (κ3) is 2.30. The second-order valence-corrected chi connectivity index (χ2v) is 4.86. The molecule has 22 heavy (non-hydrogen) atoms. The molecule has 1 aromatic carbocycles. The number of rotatable bonds is 2. The Labute approximate surface area is 123 Å². The van der Waals surface area contributed by atoms with Gasteiger partial charge in [-0.15, -0.1) is 0 Å². The van der Waals surface area contributed by atoms with Crippen molar-refractivity contribution in [3.05, 3.63) is 50.8 Å². The number of phenols is 1. The maximum atomic E-state index is 11.8. The molecule has 3 aromatic rings.